The van der Waals surface area contributed by atoms with Crippen LogP contribution in [0.2, 0.25) is 0 Å². The molecule has 0 spiro atoms. The van der Waals surface area contributed by atoms with Crippen molar-refractivity contribution in [2.45, 2.75) is 40.5 Å². The van der Waals surface area contributed by atoms with Gasteiger partial charge in [-0.05, 0) is 25.5 Å². The fraction of sp³-hybridized carbons (Fsp3) is 0.462. The molecule has 5 nitrogen and oxygen atoms in total. The van der Waals surface area contributed by atoms with E-state index in [0.717, 1.165) is 24.4 Å². The Hall–Kier alpha value is -1.91. The van der Waals surface area contributed by atoms with Crippen LogP contribution in [0, 0.1) is 6.92 Å². The Morgan fingerprint density at radius 2 is 2.00 bits per heavy atom. The predicted molar refractivity (Wildman–Crippen MR) is 70.0 cm³/mol. The van der Waals surface area contributed by atoms with Gasteiger partial charge in [0, 0.05) is 5.69 Å². The minimum absolute atomic E-state index is 0.267. The van der Waals surface area contributed by atoms with Gasteiger partial charge in [-0.2, -0.15) is 0 Å². The molecule has 2 aromatic rings. The monoisotopic (exact) mass is 249 g/mol. The second kappa shape index (κ2) is 6.14. The van der Waals surface area contributed by atoms with E-state index in [1.807, 2.05) is 25.2 Å². The van der Waals surface area contributed by atoms with Crippen molar-refractivity contribution in [1.29, 1.82) is 0 Å². The molecule has 0 aliphatic carbocycles. The van der Waals surface area contributed by atoms with Crippen molar-refractivity contribution in [1.82, 2.24) is 14.6 Å². The standard InChI is InChI=1S/C11H13N3O2.C2H6/c1-3-4-9-5-8(11(15)16)6-10-13-12-7(2)14(9)10;1-2/h5-6H,3-4H2,1-2H3,(H,15,16);1-2H3. The lowest BCUT2D eigenvalue weighted by Crippen LogP contribution is -2.04. The van der Waals surface area contributed by atoms with Gasteiger partial charge in [-0.25, -0.2) is 4.79 Å². The van der Waals surface area contributed by atoms with E-state index in [2.05, 4.69) is 17.1 Å². The number of nitrogens with zero attached hydrogens (tertiary/aromatic N) is 3. The zero-order valence-corrected chi connectivity index (χ0v) is 11.3. The highest BCUT2D eigenvalue weighted by Crippen LogP contribution is 2.14. The number of aromatic carboxylic acids is 1. The molecule has 98 valence electrons. The van der Waals surface area contributed by atoms with E-state index in [9.17, 15) is 4.79 Å². The SMILES string of the molecule is CC.CCCc1cc(C(=O)O)cc2nnc(C)n12. The zero-order valence-electron chi connectivity index (χ0n) is 11.3. The minimum atomic E-state index is -0.930. The average molecular weight is 249 g/mol. The lowest BCUT2D eigenvalue weighted by molar-refractivity contribution is 0.0696. The van der Waals surface area contributed by atoms with Gasteiger partial charge in [-0.15, -0.1) is 10.2 Å². The number of carboxylic acid groups (broad SMARTS) is 1. The molecular weight excluding hydrogens is 230 g/mol. The molecule has 0 bridgehead atoms. The van der Waals surface area contributed by atoms with Crippen LogP contribution in [0.5, 0.6) is 0 Å². The maximum atomic E-state index is 11.0. The molecule has 0 unspecified atom stereocenters. The third-order valence-electron chi connectivity index (χ3n) is 2.50. The molecule has 1 N–H and O–H groups in total. The highest BCUT2D eigenvalue weighted by Gasteiger charge is 2.11. The van der Waals surface area contributed by atoms with Crippen LogP contribution in [0.1, 0.15) is 49.1 Å². The number of hydrogen-bond acceptors (Lipinski definition) is 3. The third kappa shape index (κ3) is 2.67. The van der Waals surface area contributed by atoms with Gasteiger partial charge in [0.05, 0.1) is 5.56 Å². The first-order valence-electron chi connectivity index (χ1n) is 6.21. The molecule has 2 heterocycles. The lowest BCUT2D eigenvalue weighted by Gasteiger charge is -2.06. The van der Waals surface area contributed by atoms with Crippen molar-refractivity contribution in [3.05, 3.63) is 29.2 Å². The van der Waals surface area contributed by atoms with Crippen LogP contribution in [0.3, 0.4) is 0 Å². The van der Waals surface area contributed by atoms with Crippen LogP contribution in [-0.4, -0.2) is 25.7 Å². The molecule has 0 aromatic carbocycles. The minimum Gasteiger partial charge on any atom is -0.478 e. The normalized spacial score (nSPS) is 10.0. The first kappa shape index (κ1) is 14.2. The highest BCUT2D eigenvalue weighted by atomic mass is 16.4. The summed E-state index contributed by atoms with van der Waals surface area (Å²) in [5.74, 6) is -0.143. The molecule has 0 amide bonds. The maximum absolute atomic E-state index is 11.0. The fourth-order valence-electron chi connectivity index (χ4n) is 1.82. The third-order valence-corrected chi connectivity index (χ3v) is 2.50. The second-order valence-electron chi connectivity index (χ2n) is 3.73. The number of aromatic nitrogens is 3. The van der Waals surface area contributed by atoms with E-state index < -0.39 is 5.97 Å². The number of carbonyl (C=O) groups is 1. The quantitative estimate of drug-likeness (QED) is 0.908. The smallest absolute Gasteiger partial charge is 0.335 e. The summed E-state index contributed by atoms with van der Waals surface area (Å²) in [6, 6.07) is 3.23. The van der Waals surface area contributed by atoms with Crippen molar-refractivity contribution in [3.8, 4) is 0 Å². The Morgan fingerprint density at radius 1 is 1.33 bits per heavy atom. The Morgan fingerprint density at radius 3 is 2.56 bits per heavy atom. The lowest BCUT2D eigenvalue weighted by atomic mass is 10.1. The average Bonchev–Trinajstić information content (AvgIpc) is 2.74. The number of pyridine rings is 1. The molecule has 0 saturated carbocycles. The Bertz CT molecular complexity index is 546. The summed E-state index contributed by atoms with van der Waals surface area (Å²) in [5.41, 5.74) is 1.81. The van der Waals surface area contributed by atoms with Crippen molar-refractivity contribution >= 4 is 11.6 Å². The molecule has 0 aliphatic heterocycles. The van der Waals surface area contributed by atoms with Crippen LogP contribution in [-0.2, 0) is 6.42 Å². The van der Waals surface area contributed by atoms with E-state index in [0.29, 0.717) is 5.65 Å². The summed E-state index contributed by atoms with van der Waals surface area (Å²) in [6.45, 7) is 7.92. The fourth-order valence-corrected chi connectivity index (χ4v) is 1.82. The maximum Gasteiger partial charge on any atom is 0.335 e. The molecule has 2 rings (SSSR count). The summed E-state index contributed by atoms with van der Waals surface area (Å²) in [5, 5.41) is 16.9. The van der Waals surface area contributed by atoms with E-state index in [1.165, 1.54) is 0 Å². The Kier molecular flexibility index (Phi) is 4.83. The van der Waals surface area contributed by atoms with Crippen molar-refractivity contribution in [2.24, 2.45) is 0 Å². The summed E-state index contributed by atoms with van der Waals surface area (Å²) in [7, 11) is 0. The molecule has 0 atom stereocenters. The van der Waals surface area contributed by atoms with Gasteiger partial charge < -0.3 is 5.11 Å². The van der Waals surface area contributed by atoms with Gasteiger partial charge in [0.25, 0.3) is 0 Å². The first-order chi connectivity index (χ1) is 8.63. The molecular formula is C13H19N3O2. The zero-order chi connectivity index (χ0) is 13.7. The molecule has 0 fully saturated rings. The van der Waals surface area contributed by atoms with E-state index >= 15 is 0 Å². The number of fused-ring (bicyclic) bond motifs is 1. The summed E-state index contributed by atoms with van der Waals surface area (Å²) in [6.07, 6.45) is 1.77. The summed E-state index contributed by atoms with van der Waals surface area (Å²) in [4.78, 5) is 11.0. The molecule has 0 aliphatic rings. The van der Waals surface area contributed by atoms with Gasteiger partial charge in [0.15, 0.2) is 5.65 Å². The van der Waals surface area contributed by atoms with Crippen LogP contribution in [0.15, 0.2) is 12.1 Å². The van der Waals surface area contributed by atoms with Gasteiger partial charge in [0.2, 0.25) is 0 Å². The molecule has 0 saturated heterocycles. The highest BCUT2D eigenvalue weighted by molar-refractivity contribution is 5.88. The summed E-state index contributed by atoms with van der Waals surface area (Å²) < 4.78 is 1.90. The van der Waals surface area contributed by atoms with Crippen LogP contribution >= 0.6 is 0 Å². The van der Waals surface area contributed by atoms with Crippen molar-refractivity contribution in [2.75, 3.05) is 0 Å². The summed E-state index contributed by atoms with van der Waals surface area (Å²) >= 11 is 0. The Labute approximate surface area is 106 Å². The topological polar surface area (TPSA) is 67.5 Å². The molecule has 5 heteroatoms. The predicted octanol–water partition coefficient (Wildman–Crippen LogP) is 2.71. The largest absolute Gasteiger partial charge is 0.478 e. The first-order valence-corrected chi connectivity index (χ1v) is 6.21. The molecule has 18 heavy (non-hydrogen) atoms. The number of aryl methyl sites for hydroxylation is 2. The van der Waals surface area contributed by atoms with Crippen molar-refractivity contribution < 1.29 is 9.90 Å². The number of hydrogen-bond donors (Lipinski definition) is 1. The number of rotatable bonds is 3. The molecule has 2 aromatic heterocycles. The van der Waals surface area contributed by atoms with Gasteiger partial charge in [-0.1, -0.05) is 27.2 Å². The van der Waals surface area contributed by atoms with E-state index in [4.69, 9.17) is 5.11 Å². The van der Waals surface area contributed by atoms with Gasteiger partial charge in [-0.3, -0.25) is 4.40 Å². The van der Waals surface area contributed by atoms with Gasteiger partial charge >= 0.3 is 5.97 Å². The second-order valence-corrected chi connectivity index (χ2v) is 3.73. The van der Waals surface area contributed by atoms with Crippen LogP contribution < -0.4 is 0 Å². The van der Waals surface area contributed by atoms with E-state index in [1.54, 1.807) is 12.1 Å². The van der Waals surface area contributed by atoms with E-state index in [-0.39, 0.29) is 5.56 Å². The van der Waals surface area contributed by atoms with Gasteiger partial charge in [0.1, 0.15) is 5.82 Å². The Balaban J connectivity index is 0.000000771. The van der Waals surface area contributed by atoms with Crippen molar-refractivity contribution in [3.63, 3.8) is 0 Å². The molecule has 0 radical (unpaired) electrons. The number of carboxylic acids is 1. The van der Waals surface area contributed by atoms with Crippen LogP contribution in [0.4, 0.5) is 0 Å². The van der Waals surface area contributed by atoms with Crippen LogP contribution in [0.25, 0.3) is 5.65 Å².